The molecule has 0 radical (unpaired) electrons. The van der Waals surface area contributed by atoms with Crippen LogP contribution in [0.3, 0.4) is 0 Å². The van der Waals surface area contributed by atoms with Gasteiger partial charge in [0.25, 0.3) is 0 Å². The van der Waals surface area contributed by atoms with Crippen molar-refractivity contribution in [3.05, 3.63) is 22.7 Å². The number of hydrogen-bond acceptors (Lipinski definition) is 4. The van der Waals surface area contributed by atoms with Crippen LogP contribution in [-0.4, -0.2) is 10.7 Å². The van der Waals surface area contributed by atoms with Crippen LogP contribution >= 0.6 is 0 Å². The zero-order valence-electron chi connectivity index (χ0n) is 5.65. The minimum absolute atomic E-state index is 0.130. The lowest BCUT2D eigenvalue weighted by molar-refractivity contribution is -0.306. The number of carboxylic acid groups (broad SMARTS) is 1. The van der Waals surface area contributed by atoms with Gasteiger partial charge in [0, 0.05) is 24.7 Å². The third kappa shape index (κ3) is 2.29. The van der Waals surface area contributed by atoms with E-state index in [1.54, 1.807) is 0 Å². The number of hydrogen-bond donors (Lipinski definition) is 0. The van der Waals surface area contributed by atoms with E-state index in [9.17, 15) is 14.7 Å². The normalized spacial score (nSPS) is 9.82. The standard InChI is InChI=1S/C6H7NO4/c8-5(9)1-3-7-4-2-6(10)11-7/h2,4H,1,3H2,(H,8,9)/p-1. The minimum atomic E-state index is -1.17. The summed E-state index contributed by atoms with van der Waals surface area (Å²) in [4.78, 5) is 20.3. The Morgan fingerprint density at radius 3 is 2.91 bits per heavy atom. The van der Waals surface area contributed by atoms with Crippen LogP contribution in [0.4, 0.5) is 0 Å². The van der Waals surface area contributed by atoms with Crippen LogP contribution < -0.4 is 10.7 Å². The van der Waals surface area contributed by atoms with E-state index in [4.69, 9.17) is 0 Å². The summed E-state index contributed by atoms with van der Waals surface area (Å²) in [6, 6.07) is 1.22. The monoisotopic (exact) mass is 156 g/mol. The molecule has 0 aliphatic rings. The van der Waals surface area contributed by atoms with Crippen molar-refractivity contribution in [3.63, 3.8) is 0 Å². The van der Waals surface area contributed by atoms with Crippen LogP contribution in [0.15, 0.2) is 21.6 Å². The summed E-state index contributed by atoms with van der Waals surface area (Å²) in [5, 5.41) is 9.94. The Morgan fingerprint density at radius 2 is 2.45 bits per heavy atom. The smallest absolute Gasteiger partial charge is 0.357 e. The van der Waals surface area contributed by atoms with Gasteiger partial charge in [-0.1, -0.05) is 0 Å². The predicted octanol–water partition coefficient (Wildman–Crippen LogP) is -1.42. The first-order valence-electron chi connectivity index (χ1n) is 3.05. The van der Waals surface area contributed by atoms with Crippen LogP contribution in [0.5, 0.6) is 0 Å². The molecule has 1 aromatic heterocycles. The van der Waals surface area contributed by atoms with Crippen molar-refractivity contribution in [1.29, 1.82) is 0 Å². The summed E-state index contributed by atoms with van der Waals surface area (Å²) < 4.78 is 5.65. The number of rotatable bonds is 3. The van der Waals surface area contributed by atoms with Gasteiger partial charge in [-0.2, -0.15) is 0 Å². The molecule has 0 unspecified atom stereocenters. The van der Waals surface area contributed by atoms with Gasteiger partial charge in [-0.15, -0.1) is 0 Å². The topological polar surface area (TPSA) is 75.3 Å². The number of nitrogens with zero attached hydrogens (tertiary/aromatic N) is 1. The average Bonchev–Trinajstić information content (AvgIpc) is 2.31. The maximum Gasteiger partial charge on any atom is 0.357 e. The predicted molar refractivity (Wildman–Crippen MR) is 32.6 cm³/mol. The molecule has 0 aliphatic carbocycles. The molecule has 0 saturated carbocycles. The number of carbonyl (C=O) groups excluding carboxylic acids is 1. The van der Waals surface area contributed by atoms with Crippen molar-refractivity contribution < 1.29 is 14.4 Å². The van der Waals surface area contributed by atoms with Gasteiger partial charge in [0.2, 0.25) is 0 Å². The summed E-state index contributed by atoms with van der Waals surface area (Å²) >= 11 is 0. The highest BCUT2D eigenvalue weighted by Gasteiger charge is 1.93. The largest absolute Gasteiger partial charge is 0.550 e. The van der Waals surface area contributed by atoms with E-state index < -0.39 is 11.6 Å². The third-order valence-corrected chi connectivity index (χ3v) is 1.12. The first-order valence-corrected chi connectivity index (χ1v) is 3.05. The van der Waals surface area contributed by atoms with Gasteiger partial charge in [-0.25, -0.2) is 9.53 Å². The van der Waals surface area contributed by atoms with E-state index in [1.165, 1.54) is 12.3 Å². The Kier molecular flexibility index (Phi) is 2.10. The SMILES string of the molecule is O=C([O-])CCn1ccc(=O)o1. The summed E-state index contributed by atoms with van der Waals surface area (Å²) in [6.45, 7) is 0.130. The lowest BCUT2D eigenvalue weighted by Crippen LogP contribution is -2.23. The fourth-order valence-corrected chi connectivity index (χ4v) is 0.642. The molecule has 1 aromatic rings. The fraction of sp³-hybridized carbons (Fsp3) is 0.333. The van der Waals surface area contributed by atoms with Crippen molar-refractivity contribution in [1.82, 2.24) is 4.74 Å². The molecule has 0 atom stereocenters. The zero-order valence-corrected chi connectivity index (χ0v) is 5.65. The van der Waals surface area contributed by atoms with Gasteiger partial charge >= 0.3 is 5.63 Å². The van der Waals surface area contributed by atoms with Gasteiger partial charge in [-0.3, -0.25) is 0 Å². The van der Waals surface area contributed by atoms with Crippen molar-refractivity contribution >= 4 is 5.97 Å². The van der Waals surface area contributed by atoms with Gasteiger partial charge in [0.15, 0.2) is 0 Å². The summed E-state index contributed by atoms with van der Waals surface area (Å²) in [5.74, 6) is -1.17. The van der Waals surface area contributed by atoms with Crippen molar-refractivity contribution in [3.8, 4) is 0 Å². The van der Waals surface area contributed by atoms with Crippen LogP contribution in [0.2, 0.25) is 0 Å². The fourth-order valence-electron chi connectivity index (χ4n) is 0.642. The first kappa shape index (κ1) is 7.59. The second kappa shape index (κ2) is 3.05. The third-order valence-electron chi connectivity index (χ3n) is 1.12. The summed E-state index contributed by atoms with van der Waals surface area (Å²) in [6.07, 6.45) is 1.23. The van der Waals surface area contributed by atoms with E-state index in [1.807, 2.05) is 0 Å². The molecule has 0 saturated heterocycles. The Labute approximate surface area is 61.8 Å². The first-order chi connectivity index (χ1) is 5.18. The van der Waals surface area contributed by atoms with E-state index in [2.05, 4.69) is 4.52 Å². The average molecular weight is 156 g/mol. The van der Waals surface area contributed by atoms with Crippen LogP contribution in [0.1, 0.15) is 6.42 Å². The maximum absolute atomic E-state index is 10.4. The summed E-state index contributed by atoms with van der Waals surface area (Å²) in [5.41, 5.74) is -0.483. The maximum atomic E-state index is 10.4. The molecule has 0 N–H and O–H groups in total. The van der Waals surface area contributed by atoms with E-state index in [0.29, 0.717) is 0 Å². The van der Waals surface area contributed by atoms with Crippen LogP contribution in [0.25, 0.3) is 0 Å². The lowest BCUT2D eigenvalue weighted by atomic mass is 10.4. The highest BCUT2D eigenvalue weighted by atomic mass is 16.5. The van der Waals surface area contributed by atoms with E-state index in [-0.39, 0.29) is 13.0 Å². The minimum Gasteiger partial charge on any atom is -0.550 e. The second-order valence-electron chi connectivity index (χ2n) is 1.99. The molecule has 0 aliphatic heterocycles. The number of carboxylic acids is 1. The summed E-state index contributed by atoms with van der Waals surface area (Å²) in [7, 11) is 0. The molecule has 5 nitrogen and oxygen atoms in total. The molecule has 5 heteroatoms. The molecule has 1 heterocycles. The van der Waals surface area contributed by atoms with Gasteiger partial charge in [-0.05, 0) is 0 Å². The molecule has 60 valence electrons. The molecule has 0 aromatic carbocycles. The van der Waals surface area contributed by atoms with Crippen molar-refractivity contribution in [2.24, 2.45) is 0 Å². The van der Waals surface area contributed by atoms with Crippen molar-refractivity contribution in [2.45, 2.75) is 13.0 Å². The molecule has 1 rings (SSSR count). The number of carbonyl (C=O) groups is 1. The van der Waals surface area contributed by atoms with Crippen LogP contribution in [-0.2, 0) is 11.3 Å². The second-order valence-corrected chi connectivity index (χ2v) is 1.99. The Morgan fingerprint density at radius 1 is 1.73 bits per heavy atom. The Balaban J connectivity index is 2.51. The highest BCUT2D eigenvalue weighted by Crippen LogP contribution is 1.87. The molecule has 0 fully saturated rings. The van der Waals surface area contributed by atoms with Gasteiger partial charge in [0.1, 0.15) is 0 Å². The lowest BCUT2D eigenvalue weighted by Gasteiger charge is -1.99. The number of aryl methyl sites for hydroxylation is 1. The number of aliphatic carboxylic acids is 1. The molecular weight excluding hydrogens is 150 g/mol. The van der Waals surface area contributed by atoms with Gasteiger partial charge < -0.3 is 14.4 Å². The molecule has 0 bridgehead atoms. The molecular formula is C6H6NO4-. The highest BCUT2D eigenvalue weighted by molar-refractivity contribution is 5.63. The van der Waals surface area contributed by atoms with Gasteiger partial charge in [0.05, 0.1) is 6.54 Å². The van der Waals surface area contributed by atoms with E-state index in [0.717, 1.165) is 4.74 Å². The molecule has 0 spiro atoms. The Hall–Kier alpha value is -1.52. The molecule has 11 heavy (non-hydrogen) atoms. The Bertz CT molecular complexity index is 298. The quantitative estimate of drug-likeness (QED) is 0.538. The zero-order chi connectivity index (χ0) is 8.27. The van der Waals surface area contributed by atoms with Crippen molar-refractivity contribution in [2.75, 3.05) is 0 Å². The molecule has 0 amide bonds. The van der Waals surface area contributed by atoms with Crippen LogP contribution in [0, 0.1) is 0 Å². The van der Waals surface area contributed by atoms with E-state index >= 15 is 0 Å². The number of aromatic nitrogens is 1.